The van der Waals surface area contributed by atoms with Gasteiger partial charge in [-0.05, 0) is 26.0 Å². The molecular formula is C13H18FNO3. The standard InChI is InChI=1S/C13H18FNO3/c1-8(16)11-6-5-10(14)7-12(11)18-9(2)13(17)15(3)4/h5-9,16H,1-4H3/t8-,9?/m0/s1. The van der Waals surface area contributed by atoms with E-state index >= 15 is 0 Å². The molecular weight excluding hydrogens is 237 g/mol. The molecule has 0 bridgehead atoms. The third-order valence-electron chi connectivity index (χ3n) is 2.52. The molecule has 0 saturated carbocycles. The second-order valence-corrected chi connectivity index (χ2v) is 4.35. The number of ether oxygens (including phenoxy) is 1. The molecule has 0 fully saturated rings. The molecule has 4 nitrogen and oxygen atoms in total. The molecule has 0 heterocycles. The molecule has 5 heteroatoms. The van der Waals surface area contributed by atoms with Crippen molar-refractivity contribution in [3.8, 4) is 5.75 Å². The zero-order chi connectivity index (χ0) is 13.9. The van der Waals surface area contributed by atoms with Gasteiger partial charge in [0.25, 0.3) is 5.91 Å². The van der Waals surface area contributed by atoms with E-state index in [1.807, 2.05) is 0 Å². The zero-order valence-corrected chi connectivity index (χ0v) is 11.0. The summed E-state index contributed by atoms with van der Waals surface area (Å²) in [6, 6.07) is 3.86. The van der Waals surface area contributed by atoms with Gasteiger partial charge in [0.1, 0.15) is 11.6 Å². The fraction of sp³-hybridized carbons (Fsp3) is 0.462. The molecule has 0 aliphatic heterocycles. The van der Waals surface area contributed by atoms with E-state index in [4.69, 9.17) is 4.74 Å². The van der Waals surface area contributed by atoms with Gasteiger partial charge >= 0.3 is 0 Å². The van der Waals surface area contributed by atoms with E-state index in [1.54, 1.807) is 27.9 Å². The maximum absolute atomic E-state index is 13.2. The van der Waals surface area contributed by atoms with Crippen LogP contribution in [0.3, 0.4) is 0 Å². The summed E-state index contributed by atoms with van der Waals surface area (Å²) in [5.41, 5.74) is 0.454. The van der Waals surface area contributed by atoms with E-state index in [1.165, 1.54) is 23.1 Å². The number of aliphatic hydroxyl groups excluding tert-OH is 1. The smallest absolute Gasteiger partial charge is 0.262 e. The van der Waals surface area contributed by atoms with Gasteiger partial charge in [0.2, 0.25) is 0 Å². The number of carbonyl (C=O) groups is 1. The SMILES string of the molecule is CC(Oc1cc(F)ccc1[C@H](C)O)C(=O)N(C)C. The predicted octanol–water partition coefficient (Wildman–Crippen LogP) is 1.73. The van der Waals surface area contributed by atoms with Crippen molar-refractivity contribution in [2.45, 2.75) is 26.1 Å². The molecule has 0 aliphatic rings. The fourth-order valence-electron chi connectivity index (χ4n) is 1.56. The summed E-state index contributed by atoms with van der Waals surface area (Å²) in [6.45, 7) is 3.14. The zero-order valence-electron chi connectivity index (χ0n) is 11.0. The van der Waals surface area contributed by atoms with E-state index in [-0.39, 0.29) is 11.7 Å². The van der Waals surface area contributed by atoms with Gasteiger partial charge < -0.3 is 14.7 Å². The Morgan fingerprint density at radius 1 is 1.39 bits per heavy atom. The number of amides is 1. The monoisotopic (exact) mass is 255 g/mol. The molecule has 0 radical (unpaired) electrons. The molecule has 0 saturated heterocycles. The maximum atomic E-state index is 13.2. The van der Waals surface area contributed by atoms with Gasteiger partial charge in [-0.3, -0.25) is 4.79 Å². The Bertz CT molecular complexity index is 432. The normalized spacial score (nSPS) is 13.9. The van der Waals surface area contributed by atoms with Crippen molar-refractivity contribution in [1.82, 2.24) is 4.90 Å². The largest absolute Gasteiger partial charge is 0.480 e. The molecule has 18 heavy (non-hydrogen) atoms. The number of rotatable bonds is 4. The first-order valence-electron chi connectivity index (χ1n) is 5.68. The van der Waals surface area contributed by atoms with E-state index in [0.717, 1.165) is 0 Å². The highest BCUT2D eigenvalue weighted by Gasteiger charge is 2.19. The van der Waals surface area contributed by atoms with Gasteiger partial charge in [0.05, 0.1) is 6.10 Å². The van der Waals surface area contributed by atoms with Crippen LogP contribution in [-0.4, -0.2) is 36.1 Å². The summed E-state index contributed by atoms with van der Waals surface area (Å²) in [4.78, 5) is 13.1. The Morgan fingerprint density at radius 2 is 2.00 bits per heavy atom. The quantitative estimate of drug-likeness (QED) is 0.891. The molecule has 1 unspecified atom stereocenters. The van der Waals surface area contributed by atoms with Crippen molar-refractivity contribution in [2.75, 3.05) is 14.1 Å². The van der Waals surface area contributed by atoms with Crippen LogP contribution in [0.25, 0.3) is 0 Å². The van der Waals surface area contributed by atoms with Crippen molar-refractivity contribution in [3.05, 3.63) is 29.6 Å². The minimum Gasteiger partial charge on any atom is -0.480 e. The lowest BCUT2D eigenvalue weighted by Crippen LogP contribution is -2.35. The fourth-order valence-corrected chi connectivity index (χ4v) is 1.56. The second kappa shape index (κ2) is 5.82. The molecule has 0 aliphatic carbocycles. The number of aliphatic hydroxyl groups is 1. The number of carbonyl (C=O) groups excluding carboxylic acids is 1. The predicted molar refractivity (Wildman–Crippen MR) is 65.8 cm³/mol. The third kappa shape index (κ3) is 3.43. The van der Waals surface area contributed by atoms with Gasteiger partial charge in [-0.2, -0.15) is 0 Å². The van der Waals surface area contributed by atoms with Gasteiger partial charge in [-0.15, -0.1) is 0 Å². The summed E-state index contributed by atoms with van der Waals surface area (Å²) < 4.78 is 18.6. The first-order chi connectivity index (χ1) is 8.32. The van der Waals surface area contributed by atoms with Crippen molar-refractivity contribution in [1.29, 1.82) is 0 Å². The summed E-state index contributed by atoms with van der Waals surface area (Å²) in [6.07, 6.45) is -1.53. The molecule has 0 spiro atoms. The van der Waals surface area contributed by atoms with Crippen molar-refractivity contribution in [3.63, 3.8) is 0 Å². The lowest BCUT2D eigenvalue weighted by Gasteiger charge is -2.20. The molecule has 0 aromatic heterocycles. The van der Waals surface area contributed by atoms with Crippen LogP contribution in [0.4, 0.5) is 4.39 Å². The van der Waals surface area contributed by atoms with Crippen molar-refractivity contribution >= 4 is 5.91 Å². The van der Waals surface area contributed by atoms with Crippen LogP contribution in [0.5, 0.6) is 5.75 Å². The number of nitrogens with zero attached hydrogens (tertiary/aromatic N) is 1. The molecule has 1 aromatic rings. The Kier molecular flexibility index (Phi) is 4.67. The molecule has 1 rings (SSSR count). The van der Waals surface area contributed by atoms with Gasteiger partial charge in [0, 0.05) is 25.7 Å². The maximum Gasteiger partial charge on any atom is 0.262 e. The molecule has 100 valence electrons. The lowest BCUT2D eigenvalue weighted by atomic mass is 10.1. The Labute approximate surface area is 106 Å². The Morgan fingerprint density at radius 3 is 2.50 bits per heavy atom. The minimum absolute atomic E-state index is 0.188. The van der Waals surface area contributed by atoms with Gasteiger partial charge in [-0.25, -0.2) is 4.39 Å². The number of likely N-dealkylation sites (N-methyl/N-ethyl adjacent to an activating group) is 1. The second-order valence-electron chi connectivity index (χ2n) is 4.35. The molecule has 1 N–H and O–H groups in total. The third-order valence-corrected chi connectivity index (χ3v) is 2.52. The number of halogens is 1. The average molecular weight is 255 g/mol. The van der Waals surface area contributed by atoms with Crippen LogP contribution in [0.2, 0.25) is 0 Å². The Hall–Kier alpha value is -1.62. The first-order valence-corrected chi connectivity index (χ1v) is 5.68. The van der Waals surface area contributed by atoms with E-state index < -0.39 is 18.0 Å². The molecule has 1 amide bonds. The van der Waals surface area contributed by atoms with Crippen LogP contribution in [-0.2, 0) is 4.79 Å². The minimum atomic E-state index is -0.790. The highest BCUT2D eigenvalue weighted by Crippen LogP contribution is 2.27. The van der Waals surface area contributed by atoms with Gasteiger partial charge in [0.15, 0.2) is 6.10 Å². The van der Waals surface area contributed by atoms with Crippen molar-refractivity contribution < 1.29 is 19.0 Å². The summed E-state index contributed by atoms with van der Waals surface area (Å²) >= 11 is 0. The summed E-state index contributed by atoms with van der Waals surface area (Å²) in [5, 5.41) is 9.56. The van der Waals surface area contributed by atoms with Gasteiger partial charge in [-0.1, -0.05) is 0 Å². The van der Waals surface area contributed by atoms with Crippen LogP contribution in [0, 0.1) is 5.82 Å². The van der Waals surface area contributed by atoms with E-state index in [9.17, 15) is 14.3 Å². The number of hydrogen-bond acceptors (Lipinski definition) is 3. The molecule has 2 atom stereocenters. The van der Waals surface area contributed by atoms with E-state index in [0.29, 0.717) is 5.56 Å². The van der Waals surface area contributed by atoms with Crippen LogP contribution in [0.1, 0.15) is 25.5 Å². The number of hydrogen-bond donors (Lipinski definition) is 1. The highest BCUT2D eigenvalue weighted by atomic mass is 19.1. The Balaban J connectivity index is 2.96. The first kappa shape index (κ1) is 14.4. The average Bonchev–Trinajstić information content (AvgIpc) is 2.27. The van der Waals surface area contributed by atoms with Crippen LogP contribution >= 0.6 is 0 Å². The number of benzene rings is 1. The molecule has 1 aromatic carbocycles. The van der Waals surface area contributed by atoms with E-state index in [2.05, 4.69) is 0 Å². The lowest BCUT2D eigenvalue weighted by molar-refractivity contribution is -0.135. The summed E-state index contributed by atoms with van der Waals surface area (Å²) in [5.74, 6) is -0.512. The highest BCUT2D eigenvalue weighted by molar-refractivity contribution is 5.80. The van der Waals surface area contributed by atoms with Crippen LogP contribution in [0.15, 0.2) is 18.2 Å². The summed E-state index contributed by atoms with van der Waals surface area (Å²) in [7, 11) is 3.23. The van der Waals surface area contributed by atoms with Crippen LogP contribution < -0.4 is 4.74 Å². The topological polar surface area (TPSA) is 49.8 Å². The van der Waals surface area contributed by atoms with Crippen molar-refractivity contribution in [2.24, 2.45) is 0 Å².